The van der Waals surface area contributed by atoms with Crippen LogP contribution in [0.2, 0.25) is 0 Å². The maximum Gasteiger partial charge on any atom is 0.415 e. The van der Waals surface area contributed by atoms with Crippen molar-refractivity contribution in [3.05, 3.63) is 173 Å². The van der Waals surface area contributed by atoms with Crippen LogP contribution in [0.1, 0.15) is 53.5 Å². The van der Waals surface area contributed by atoms with Crippen LogP contribution in [0.25, 0.3) is 0 Å². The number of hydrogen-bond donors (Lipinski definition) is 1. The number of nitrogens with zero attached hydrogens (tertiary/aromatic N) is 3. The molecule has 0 fully saturated rings. The molecule has 2 N–H and O–H groups in total. The van der Waals surface area contributed by atoms with Gasteiger partial charge in [0, 0.05) is 13.1 Å². The molecule has 5 aromatic carbocycles. The van der Waals surface area contributed by atoms with Crippen LogP contribution in [-0.2, 0) is 38.7 Å². The number of aliphatic imine (C=N–C) groups is 1. The Hall–Kier alpha value is -6.33. The molecular weight excluding hydrogens is 737 g/mol. The average molecular weight is 785 g/mol. The molecule has 0 spiro atoms. The van der Waals surface area contributed by atoms with Crippen LogP contribution in [0, 0.1) is 0 Å². The van der Waals surface area contributed by atoms with E-state index in [0.717, 1.165) is 27.8 Å². The topological polar surface area (TPSA) is 124 Å². The average Bonchev–Trinajstić information content (AvgIpc) is 3.24. The highest BCUT2D eigenvalue weighted by Crippen LogP contribution is 2.29. The van der Waals surface area contributed by atoms with E-state index in [-0.39, 0.29) is 56.1 Å². The van der Waals surface area contributed by atoms with Gasteiger partial charge >= 0.3 is 6.09 Å². The molecule has 0 unspecified atom stereocenters. The van der Waals surface area contributed by atoms with Crippen molar-refractivity contribution in [3.8, 4) is 5.75 Å². The minimum atomic E-state index is -1.000. The van der Waals surface area contributed by atoms with Gasteiger partial charge in [-0.15, -0.1) is 0 Å². The first-order valence-electron chi connectivity index (χ1n) is 18.8. The SMILES string of the molecule is COc1ccc(CCN(C(=O)C(c2ccccc2)c2ccccc2)[C@H](CCCN(C(=O)OCc2ccccc2)C(C)=NC(=S)OCc2ccccc2)C(N)=O)cc1. The second-order valence-corrected chi connectivity index (χ2v) is 13.7. The molecule has 0 aromatic heterocycles. The monoisotopic (exact) mass is 784 g/mol. The lowest BCUT2D eigenvalue weighted by Crippen LogP contribution is -2.51. The fourth-order valence-corrected chi connectivity index (χ4v) is 6.61. The quantitative estimate of drug-likeness (QED) is 0.0575. The van der Waals surface area contributed by atoms with Crippen molar-refractivity contribution in [2.45, 2.75) is 51.4 Å². The van der Waals surface area contributed by atoms with Gasteiger partial charge in [0.1, 0.15) is 30.8 Å². The number of carbonyl (C=O) groups is 3. The van der Waals surface area contributed by atoms with Gasteiger partial charge in [-0.2, -0.15) is 4.99 Å². The van der Waals surface area contributed by atoms with E-state index in [2.05, 4.69) is 4.99 Å². The number of nitrogens with two attached hydrogens (primary N) is 1. The maximum atomic E-state index is 14.9. The van der Waals surface area contributed by atoms with Crippen LogP contribution in [0.15, 0.2) is 151 Å². The van der Waals surface area contributed by atoms with Crippen LogP contribution in [0.5, 0.6) is 5.75 Å². The van der Waals surface area contributed by atoms with Crippen LogP contribution >= 0.6 is 12.2 Å². The Morgan fingerprint density at radius 3 is 1.70 bits per heavy atom. The van der Waals surface area contributed by atoms with Crippen LogP contribution in [-0.4, -0.2) is 65.0 Å². The molecule has 11 heteroatoms. The first-order valence-corrected chi connectivity index (χ1v) is 19.2. The summed E-state index contributed by atoms with van der Waals surface area (Å²) in [7, 11) is 1.60. The highest BCUT2D eigenvalue weighted by Gasteiger charge is 2.34. The van der Waals surface area contributed by atoms with Gasteiger partial charge in [-0.05, 0) is 78.4 Å². The molecule has 10 nitrogen and oxygen atoms in total. The minimum Gasteiger partial charge on any atom is -0.497 e. The normalized spacial score (nSPS) is 11.7. The second-order valence-electron chi connectivity index (χ2n) is 13.3. The van der Waals surface area contributed by atoms with Crippen molar-refractivity contribution < 1.29 is 28.6 Å². The highest BCUT2D eigenvalue weighted by atomic mass is 32.1. The molecule has 0 radical (unpaired) electrons. The Labute approximate surface area is 339 Å². The van der Waals surface area contributed by atoms with E-state index in [1.807, 2.05) is 146 Å². The molecule has 3 amide bonds. The minimum absolute atomic E-state index is 0.0380. The second kappa shape index (κ2) is 21.7. The number of primary amides is 1. The van der Waals surface area contributed by atoms with Crippen LogP contribution < -0.4 is 10.5 Å². The molecule has 0 aliphatic carbocycles. The van der Waals surface area contributed by atoms with E-state index >= 15 is 0 Å². The van der Waals surface area contributed by atoms with Crippen molar-refractivity contribution in [1.82, 2.24) is 9.80 Å². The third-order valence-corrected chi connectivity index (χ3v) is 9.64. The molecule has 0 bridgehead atoms. The van der Waals surface area contributed by atoms with Crippen molar-refractivity contribution >= 4 is 41.1 Å². The van der Waals surface area contributed by atoms with Crippen molar-refractivity contribution in [2.75, 3.05) is 20.2 Å². The number of amidine groups is 1. The number of carbonyl (C=O) groups excluding carboxylic acids is 3. The highest BCUT2D eigenvalue weighted by molar-refractivity contribution is 7.80. The van der Waals surface area contributed by atoms with Gasteiger partial charge in [0.2, 0.25) is 11.8 Å². The molecule has 1 atom stereocenters. The van der Waals surface area contributed by atoms with E-state index < -0.39 is 24.0 Å². The molecule has 0 aliphatic heterocycles. The number of methoxy groups -OCH3 is 1. The first-order chi connectivity index (χ1) is 27.7. The lowest BCUT2D eigenvalue weighted by Gasteiger charge is -2.34. The van der Waals surface area contributed by atoms with Gasteiger partial charge in [0.05, 0.1) is 13.0 Å². The standard InChI is InChI=1S/C46H48N4O6S/c1-34(48-45(57)55-32-36-16-7-3-8-17-36)49(46(53)56-33-37-18-9-4-10-19-37)30-15-24-41(43(47)51)50(31-29-35-25-27-40(54-2)28-26-35)44(52)42(38-20-11-5-12-21-38)39-22-13-6-14-23-39/h3-14,16-23,25-28,41-42H,15,24,29-33H2,1-2H3,(H2,47,51)/t41-/m1/s1. The summed E-state index contributed by atoms with van der Waals surface area (Å²) < 4.78 is 16.8. The largest absolute Gasteiger partial charge is 0.497 e. The molecule has 0 saturated carbocycles. The lowest BCUT2D eigenvalue weighted by molar-refractivity contribution is -0.140. The Morgan fingerprint density at radius 1 is 0.684 bits per heavy atom. The molecule has 57 heavy (non-hydrogen) atoms. The number of thiocarbonyl (C=S) groups is 1. The number of rotatable bonds is 17. The van der Waals surface area contributed by atoms with E-state index in [1.165, 1.54) is 4.90 Å². The molecule has 0 saturated heterocycles. The van der Waals surface area contributed by atoms with Gasteiger partial charge in [0.25, 0.3) is 5.17 Å². The van der Waals surface area contributed by atoms with E-state index in [9.17, 15) is 14.4 Å². The fraction of sp³-hybridized carbons (Fsp3) is 0.239. The Bertz CT molecular complexity index is 2030. The zero-order valence-corrected chi connectivity index (χ0v) is 33.1. The van der Waals surface area contributed by atoms with E-state index in [4.69, 9.17) is 32.2 Å². The Morgan fingerprint density at radius 2 is 1.19 bits per heavy atom. The summed E-state index contributed by atoms with van der Waals surface area (Å²) in [5, 5.41) is -0.0459. The summed E-state index contributed by atoms with van der Waals surface area (Å²) in [4.78, 5) is 49.3. The van der Waals surface area contributed by atoms with Crippen molar-refractivity contribution in [2.24, 2.45) is 10.7 Å². The first kappa shape index (κ1) is 41.8. The third kappa shape index (κ3) is 12.6. The number of amides is 3. The van der Waals surface area contributed by atoms with E-state index in [0.29, 0.717) is 12.2 Å². The molecule has 5 rings (SSSR count). The summed E-state index contributed by atoms with van der Waals surface area (Å²) in [5.41, 5.74) is 10.4. The van der Waals surface area contributed by atoms with E-state index in [1.54, 1.807) is 18.9 Å². The van der Waals surface area contributed by atoms with Gasteiger partial charge in [-0.1, -0.05) is 133 Å². The van der Waals surface area contributed by atoms with Gasteiger partial charge in [0.15, 0.2) is 0 Å². The summed E-state index contributed by atoms with van der Waals surface area (Å²) in [6.07, 6.45) is 0.235. The van der Waals surface area contributed by atoms with Gasteiger partial charge in [-0.3, -0.25) is 14.5 Å². The molecule has 0 aliphatic rings. The number of ether oxygens (including phenoxy) is 3. The summed E-state index contributed by atoms with van der Waals surface area (Å²) >= 11 is 5.42. The van der Waals surface area contributed by atoms with Crippen LogP contribution in [0.3, 0.4) is 0 Å². The van der Waals surface area contributed by atoms with Crippen LogP contribution in [0.4, 0.5) is 4.79 Å². The lowest BCUT2D eigenvalue weighted by atomic mass is 9.89. The molecule has 294 valence electrons. The molecule has 0 heterocycles. The zero-order valence-electron chi connectivity index (χ0n) is 32.2. The van der Waals surface area contributed by atoms with Gasteiger partial charge in [-0.25, -0.2) is 4.79 Å². The maximum absolute atomic E-state index is 14.9. The number of benzene rings is 5. The smallest absolute Gasteiger partial charge is 0.415 e. The summed E-state index contributed by atoms with van der Waals surface area (Å²) in [6, 6.07) is 44.4. The van der Waals surface area contributed by atoms with Crippen molar-refractivity contribution in [3.63, 3.8) is 0 Å². The fourth-order valence-electron chi connectivity index (χ4n) is 6.42. The Kier molecular flexibility index (Phi) is 15.9. The zero-order chi connectivity index (χ0) is 40.4. The van der Waals surface area contributed by atoms with Crippen molar-refractivity contribution in [1.29, 1.82) is 0 Å². The molecule has 5 aromatic rings. The summed E-state index contributed by atoms with van der Waals surface area (Å²) in [6.45, 7) is 2.20. The van der Waals surface area contributed by atoms with Gasteiger partial charge < -0.3 is 24.8 Å². The third-order valence-electron chi connectivity index (χ3n) is 9.43. The number of hydrogen-bond acceptors (Lipinski definition) is 7. The summed E-state index contributed by atoms with van der Waals surface area (Å²) in [5.74, 6) is -0.646. The Balaban J connectivity index is 1.39. The predicted octanol–water partition coefficient (Wildman–Crippen LogP) is 8.09. The molecular formula is C46H48N4O6S. The predicted molar refractivity (Wildman–Crippen MR) is 226 cm³/mol.